The number of hydrogen-bond acceptors (Lipinski definition) is 7. The predicted molar refractivity (Wildman–Crippen MR) is 96.1 cm³/mol. The second-order valence-corrected chi connectivity index (χ2v) is 5.69. The van der Waals surface area contributed by atoms with Crippen molar-refractivity contribution in [3.05, 3.63) is 38.0 Å². The van der Waals surface area contributed by atoms with Crippen LogP contribution in [-0.2, 0) is 28.6 Å². The molecule has 0 aliphatic heterocycles. The van der Waals surface area contributed by atoms with E-state index in [4.69, 9.17) is 14.2 Å². The Bertz CT molecular complexity index is 432. The van der Waals surface area contributed by atoms with Gasteiger partial charge in [0.2, 0.25) is 0 Å². The Kier molecular flexibility index (Phi) is 12.6. The number of aliphatic hydroxyl groups is 1. The van der Waals surface area contributed by atoms with Crippen molar-refractivity contribution >= 4 is 17.9 Å². The summed E-state index contributed by atoms with van der Waals surface area (Å²) in [5, 5.41) is 9.19. The van der Waals surface area contributed by atoms with Gasteiger partial charge in [0.1, 0.15) is 0 Å². The Morgan fingerprint density at radius 3 is 1.35 bits per heavy atom. The van der Waals surface area contributed by atoms with Crippen molar-refractivity contribution in [3.63, 3.8) is 0 Å². The topological polar surface area (TPSA) is 99.1 Å². The van der Waals surface area contributed by atoms with Crippen LogP contribution >= 0.6 is 0 Å². The van der Waals surface area contributed by atoms with Crippen LogP contribution in [0.4, 0.5) is 0 Å². The Labute approximate surface area is 154 Å². The molecule has 0 aromatic heterocycles. The van der Waals surface area contributed by atoms with Crippen molar-refractivity contribution in [2.45, 2.75) is 32.1 Å². The number of carbonyl (C=O) groups excluding carboxylic acids is 3. The Morgan fingerprint density at radius 2 is 1.08 bits per heavy atom. The zero-order chi connectivity index (χ0) is 19.8. The van der Waals surface area contributed by atoms with Crippen LogP contribution in [0.25, 0.3) is 0 Å². The highest BCUT2D eigenvalue weighted by Crippen LogP contribution is 2.36. The second-order valence-electron chi connectivity index (χ2n) is 5.69. The van der Waals surface area contributed by atoms with Gasteiger partial charge in [0.15, 0.2) is 0 Å². The van der Waals surface area contributed by atoms with Crippen molar-refractivity contribution in [3.8, 4) is 0 Å². The largest absolute Gasteiger partial charge is 0.463 e. The van der Waals surface area contributed by atoms with E-state index < -0.39 is 23.3 Å². The van der Waals surface area contributed by atoms with Crippen LogP contribution in [0, 0.1) is 5.41 Å². The van der Waals surface area contributed by atoms with Crippen molar-refractivity contribution in [2.24, 2.45) is 5.41 Å². The Balaban J connectivity index is 4.98. The molecule has 0 aromatic rings. The van der Waals surface area contributed by atoms with Gasteiger partial charge in [-0.3, -0.25) is 0 Å². The molecule has 0 aliphatic carbocycles. The van der Waals surface area contributed by atoms with Crippen LogP contribution < -0.4 is 0 Å². The number of rotatable bonds is 15. The van der Waals surface area contributed by atoms with Gasteiger partial charge < -0.3 is 19.3 Å². The first-order valence-electron chi connectivity index (χ1n) is 8.41. The summed E-state index contributed by atoms with van der Waals surface area (Å²) in [5.41, 5.74) is -0.437. The molecule has 0 unspecified atom stereocenters. The van der Waals surface area contributed by atoms with E-state index in [1.807, 2.05) is 0 Å². The quantitative estimate of drug-likeness (QED) is 0.268. The number of carbonyl (C=O) groups is 3. The van der Waals surface area contributed by atoms with Crippen molar-refractivity contribution in [2.75, 3.05) is 26.4 Å². The molecule has 0 amide bonds. The van der Waals surface area contributed by atoms with E-state index in [0.29, 0.717) is 32.1 Å². The van der Waals surface area contributed by atoms with Gasteiger partial charge in [0, 0.05) is 24.8 Å². The van der Waals surface area contributed by atoms with Gasteiger partial charge in [-0.1, -0.05) is 19.7 Å². The van der Waals surface area contributed by atoms with Gasteiger partial charge in [-0.15, -0.1) is 0 Å². The molecule has 0 fully saturated rings. The molecule has 0 heterocycles. The minimum absolute atomic E-state index is 0.00686. The summed E-state index contributed by atoms with van der Waals surface area (Å²) >= 11 is 0. The molecule has 1 N–H and O–H groups in total. The number of aliphatic hydroxyl groups excluding tert-OH is 1. The van der Waals surface area contributed by atoms with Crippen LogP contribution in [0.1, 0.15) is 32.1 Å². The first-order chi connectivity index (χ1) is 12.4. The SMILES string of the molecule is C=CC(=O)OCCC(CCCO)(CCOC(=O)C=C)CCOC(=O)C=C. The Morgan fingerprint density at radius 1 is 0.731 bits per heavy atom. The number of hydrogen-bond donors (Lipinski definition) is 1. The Hall–Kier alpha value is -2.41. The molecule has 0 aromatic carbocycles. The number of ether oxygens (including phenoxy) is 3. The third kappa shape index (κ3) is 10.5. The van der Waals surface area contributed by atoms with Crippen LogP contribution in [0.15, 0.2) is 38.0 Å². The first-order valence-corrected chi connectivity index (χ1v) is 8.41. The summed E-state index contributed by atoms with van der Waals surface area (Å²) in [7, 11) is 0. The minimum atomic E-state index is -0.530. The fraction of sp³-hybridized carbons (Fsp3) is 0.526. The maximum Gasteiger partial charge on any atom is 0.330 e. The fourth-order valence-electron chi connectivity index (χ4n) is 2.49. The van der Waals surface area contributed by atoms with E-state index in [9.17, 15) is 19.5 Å². The lowest BCUT2D eigenvalue weighted by molar-refractivity contribution is -0.139. The van der Waals surface area contributed by atoms with Gasteiger partial charge in [0.25, 0.3) is 0 Å². The van der Waals surface area contributed by atoms with E-state index in [1.54, 1.807) is 0 Å². The maximum absolute atomic E-state index is 11.3. The van der Waals surface area contributed by atoms with Gasteiger partial charge in [0.05, 0.1) is 19.8 Å². The summed E-state index contributed by atoms with van der Waals surface area (Å²) in [4.78, 5) is 33.8. The molecular weight excluding hydrogens is 340 g/mol. The highest BCUT2D eigenvalue weighted by molar-refractivity contribution is 5.81. The highest BCUT2D eigenvalue weighted by Gasteiger charge is 2.30. The molecule has 0 atom stereocenters. The normalized spacial score (nSPS) is 10.5. The van der Waals surface area contributed by atoms with E-state index in [1.165, 1.54) is 0 Å². The lowest BCUT2D eigenvalue weighted by atomic mass is 9.75. The molecule has 0 spiro atoms. The standard InChI is InChI=1S/C19H28O7/c1-4-16(21)24-13-9-19(8-7-12-20,10-14-25-17(22)5-2)11-15-26-18(23)6-3/h4-6,20H,1-3,7-15H2. The van der Waals surface area contributed by atoms with Crippen molar-refractivity contribution in [1.82, 2.24) is 0 Å². The molecule has 7 nitrogen and oxygen atoms in total. The summed E-state index contributed by atoms with van der Waals surface area (Å²) in [6.07, 6.45) is 5.72. The number of esters is 3. The lowest BCUT2D eigenvalue weighted by Crippen LogP contribution is -2.28. The monoisotopic (exact) mass is 368 g/mol. The van der Waals surface area contributed by atoms with E-state index in [-0.39, 0.29) is 26.4 Å². The molecule has 0 bridgehead atoms. The molecule has 0 saturated carbocycles. The maximum atomic E-state index is 11.3. The molecular formula is C19H28O7. The van der Waals surface area contributed by atoms with Gasteiger partial charge in [-0.25, -0.2) is 14.4 Å². The minimum Gasteiger partial charge on any atom is -0.463 e. The highest BCUT2D eigenvalue weighted by atomic mass is 16.5. The third-order valence-corrected chi connectivity index (χ3v) is 4.00. The van der Waals surface area contributed by atoms with Gasteiger partial charge >= 0.3 is 17.9 Å². The van der Waals surface area contributed by atoms with Crippen molar-refractivity contribution < 1.29 is 33.7 Å². The average molecular weight is 368 g/mol. The zero-order valence-electron chi connectivity index (χ0n) is 15.1. The van der Waals surface area contributed by atoms with Crippen molar-refractivity contribution in [1.29, 1.82) is 0 Å². The van der Waals surface area contributed by atoms with E-state index >= 15 is 0 Å². The fourth-order valence-corrected chi connectivity index (χ4v) is 2.49. The van der Waals surface area contributed by atoms with Gasteiger partial charge in [-0.2, -0.15) is 0 Å². The first kappa shape index (κ1) is 23.6. The van der Waals surface area contributed by atoms with E-state index in [0.717, 1.165) is 18.2 Å². The predicted octanol–water partition coefficient (Wildman–Crippen LogP) is 2.10. The third-order valence-electron chi connectivity index (χ3n) is 4.00. The molecule has 0 rings (SSSR count). The summed E-state index contributed by atoms with van der Waals surface area (Å²) < 4.78 is 15.2. The summed E-state index contributed by atoms with van der Waals surface area (Å²) in [5.74, 6) is -1.59. The van der Waals surface area contributed by atoms with Crippen LogP contribution in [0.3, 0.4) is 0 Å². The summed E-state index contributed by atoms with van der Waals surface area (Å²) in [6, 6.07) is 0. The smallest absolute Gasteiger partial charge is 0.330 e. The summed E-state index contributed by atoms with van der Waals surface area (Å²) in [6.45, 7) is 10.4. The molecule has 146 valence electrons. The van der Waals surface area contributed by atoms with Crippen LogP contribution in [-0.4, -0.2) is 49.4 Å². The van der Waals surface area contributed by atoms with Crippen LogP contribution in [0.5, 0.6) is 0 Å². The second kappa shape index (κ2) is 13.8. The van der Waals surface area contributed by atoms with Gasteiger partial charge in [-0.05, 0) is 37.5 Å². The van der Waals surface area contributed by atoms with E-state index in [2.05, 4.69) is 19.7 Å². The molecule has 0 saturated heterocycles. The molecule has 0 radical (unpaired) electrons. The average Bonchev–Trinajstić information content (AvgIpc) is 2.65. The molecule has 26 heavy (non-hydrogen) atoms. The molecule has 7 heteroatoms. The zero-order valence-corrected chi connectivity index (χ0v) is 15.1. The lowest BCUT2D eigenvalue weighted by Gasteiger charge is -2.33. The van der Waals surface area contributed by atoms with Crippen LogP contribution in [0.2, 0.25) is 0 Å². The molecule has 0 aliphatic rings.